The van der Waals surface area contributed by atoms with E-state index in [0.717, 1.165) is 37.9 Å². The summed E-state index contributed by atoms with van der Waals surface area (Å²) >= 11 is 0. The highest BCUT2D eigenvalue weighted by molar-refractivity contribution is 5.99. The molecule has 0 radical (unpaired) electrons. The Morgan fingerprint density at radius 2 is 1.80 bits per heavy atom. The van der Waals surface area contributed by atoms with Gasteiger partial charge in [-0.1, -0.05) is 36.4 Å². The van der Waals surface area contributed by atoms with E-state index in [2.05, 4.69) is 17.4 Å². The summed E-state index contributed by atoms with van der Waals surface area (Å²) in [5.74, 6) is 0.0642. The van der Waals surface area contributed by atoms with E-state index < -0.39 is 0 Å². The van der Waals surface area contributed by atoms with Crippen LogP contribution >= 0.6 is 0 Å². The monoisotopic (exact) mass is 334 g/mol. The largest absolute Gasteiger partial charge is 0.343 e. The normalized spacial score (nSPS) is 18.7. The standard InChI is InChI=1S/C21H22N2O2/c24-19-11-5-14-23(19)18-10-4-7-16(15-18)20(25)22-21(12-6-13-21)17-8-2-1-3-9-17/h1-4,7-10,15H,5-6,11-14H2,(H,22,25). The lowest BCUT2D eigenvalue weighted by atomic mass is 9.71. The summed E-state index contributed by atoms with van der Waals surface area (Å²) in [5, 5.41) is 3.25. The Labute approximate surface area is 147 Å². The third-order valence-electron chi connectivity index (χ3n) is 5.38. The molecule has 1 saturated carbocycles. The summed E-state index contributed by atoms with van der Waals surface area (Å²) in [5.41, 5.74) is 2.34. The molecule has 1 heterocycles. The number of nitrogens with zero attached hydrogens (tertiary/aromatic N) is 1. The Hall–Kier alpha value is -2.62. The maximum atomic E-state index is 12.9. The molecule has 4 rings (SSSR count). The second-order valence-electron chi connectivity index (χ2n) is 6.96. The highest BCUT2D eigenvalue weighted by atomic mass is 16.2. The van der Waals surface area contributed by atoms with E-state index >= 15 is 0 Å². The van der Waals surface area contributed by atoms with Crippen LogP contribution in [0.25, 0.3) is 0 Å². The van der Waals surface area contributed by atoms with Crippen LogP contribution in [-0.2, 0) is 10.3 Å². The lowest BCUT2D eigenvalue weighted by Gasteiger charge is -2.43. The fourth-order valence-electron chi connectivity index (χ4n) is 3.80. The summed E-state index contributed by atoms with van der Waals surface area (Å²) in [6.45, 7) is 0.734. The van der Waals surface area contributed by atoms with Crippen LogP contribution in [-0.4, -0.2) is 18.4 Å². The van der Waals surface area contributed by atoms with Gasteiger partial charge in [-0.05, 0) is 49.4 Å². The van der Waals surface area contributed by atoms with E-state index in [9.17, 15) is 9.59 Å². The lowest BCUT2D eigenvalue weighted by molar-refractivity contribution is -0.117. The SMILES string of the molecule is O=C(NC1(c2ccccc2)CCC1)c1cccc(N2CCCC2=O)c1. The molecule has 1 saturated heterocycles. The molecule has 1 N–H and O–H groups in total. The molecule has 2 amide bonds. The van der Waals surface area contributed by atoms with Crippen molar-refractivity contribution >= 4 is 17.5 Å². The van der Waals surface area contributed by atoms with Crippen molar-refractivity contribution in [3.05, 3.63) is 65.7 Å². The lowest BCUT2D eigenvalue weighted by Crippen LogP contribution is -2.50. The van der Waals surface area contributed by atoms with Crippen molar-refractivity contribution in [2.75, 3.05) is 11.4 Å². The Morgan fingerprint density at radius 3 is 2.44 bits per heavy atom. The van der Waals surface area contributed by atoms with Gasteiger partial charge in [0.25, 0.3) is 5.91 Å². The number of carbonyl (C=O) groups is 2. The highest BCUT2D eigenvalue weighted by Crippen LogP contribution is 2.41. The van der Waals surface area contributed by atoms with Gasteiger partial charge in [0.1, 0.15) is 0 Å². The zero-order valence-corrected chi connectivity index (χ0v) is 14.2. The first-order valence-electron chi connectivity index (χ1n) is 8.96. The van der Waals surface area contributed by atoms with Crippen LogP contribution in [0.4, 0.5) is 5.69 Å². The molecule has 1 aliphatic carbocycles. The number of nitrogens with one attached hydrogen (secondary N) is 1. The number of rotatable bonds is 4. The topological polar surface area (TPSA) is 49.4 Å². The summed E-state index contributed by atoms with van der Waals surface area (Å²) in [6.07, 6.45) is 4.53. The molecule has 2 aromatic rings. The van der Waals surface area contributed by atoms with E-state index in [-0.39, 0.29) is 17.4 Å². The summed E-state index contributed by atoms with van der Waals surface area (Å²) in [7, 11) is 0. The number of hydrogen-bond acceptors (Lipinski definition) is 2. The minimum atomic E-state index is -0.252. The van der Waals surface area contributed by atoms with Gasteiger partial charge in [-0.15, -0.1) is 0 Å². The van der Waals surface area contributed by atoms with Gasteiger partial charge in [0.15, 0.2) is 0 Å². The maximum absolute atomic E-state index is 12.9. The van der Waals surface area contributed by atoms with Crippen LogP contribution in [0.5, 0.6) is 0 Å². The second-order valence-corrected chi connectivity index (χ2v) is 6.96. The van der Waals surface area contributed by atoms with Crippen LogP contribution in [0, 0.1) is 0 Å². The van der Waals surface area contributed by atoms with Crippen LogP contribution < -0.4 is 10.2 Å². The minimum absolute atomic E-state index is 0.0722. The number of amides is 2. The average Bonchev–Trinajstić information content (AvgIpc) is 3.05. The Balaban J connectivity index is 1.56. The molecule has 1 aliphatic heterocycles. The molecule has 4 heteroatoms. The van der Waals surface area contributed by atoms with E-state index in [1.165, 1.54) is 5.56 Å². The molecular weight excluding hydrogens is 312 g/mol. The van der Waals surface area contributed by atoms with Gasteiger partial charge in [-0.2, -0.15) is 0 Å². The van der Waals surface area contributed by atoms with Gasteiger partial charge < -0.3 is 10.2 Å². The summed E-state index contributed by atoms with van der Waals surface area (Å²) in [6, 6.07) is 17.6. The first kappa shape index (κ1) is 15.9. The highest BCUT2D eigenvalue weighted by Gasteiger charge is 2.40. The van der Waals surface area contributed by atoms with Crippen molar-refractivity contribution in [3.8, 4) is 0 Å². The summed E-state index contributed by atoms with van der Waals surface area (Å²) < 4.78 is 0. The molecule has 25 heavy (non-hydrogen) atoms. The third kappa shape index (κ3) is 2.93. The fraction of sp³-hybridized carbons (Fsp3) is 0.333. The van der Waals surface area contributed by atoms with Gasteiger partial charge in [0.05, 0.1) is 5.54 Å². The van der Waals surface area contributed by atoms with Crippen molar-refractivity contribution in [1.82, 2.24) is 5.32 Å². The molecule has 0 unspecified atom stereocenters. The van der Waals surface area contributed by atoms with Crippen molar-refractivity contribution in [1.29, 1.82) is 0 Å². The van der Waals surface area contributed by atoms with E-state index in [1.54, 1.807) is 4.90 Å². The van der Waals surface area contributed by atoms with Gasteiger partial charge in [-0.25, -0.2) is 0 Å². The molecule has 128 valence electrons. The zero-order chi connectivity index (χ0) is 17.3. The average molecular weight is 334 g/mol. The number of anilines is 1. The van der Waals surface area contributed by atoms with Crippen molar-refractivity contribution in [2.45, 2.75) is 37.6 Å². The smallest absolute Gasteiger partial charge is 0.252 e. The fourth-order valence-corrected chi connectivity index (χ4v) is 3.80. The van der Waals surface area contributed by atoms with Crippen LogP contribution in [0.1, 0.15) is 48.0 Å². The number of hydrogen-bond donors (Lipinski definition) is 1. The van der Waals surface area contributed by atoms with Crippen molar-refractivity contribution in [3.63, 3.8) is 0 Å². The van der Waals surface area contributed by atoms with E-state index in [4.69, 9.17) is 0 Å². The maximum Gasteiger partial charge on any atom is 0.252 e. The molecule has 2 fully saturated rings. The molecule has 2 aromatic carbocycles. The van der Waals surface area contributed by atoms with E-state index in [1.807, 2.05) is 42.5 Å². The molecule has 0 atom stereocenters. The Morgan fingerprint density at radius 1 is 1.00 bits per heavy atom. The third-order valence-corrected chi connectivity index (χ3v) is 5.38. The quantitative estimate of drug-likeness (QED) is 0.928. The van der Waals surface area contributed by atoms with E-state index in [0.29, 0.717) is 12.0 Å². The predicted molar refractivity (Wildman–Crippen MR) is 97.5 cm³/mol. The molecule has 2 aliphatic rings. The van der Waals surface area contributed by atoms with Gasteiger partial charge in [0.2, 0.25) is 5.91 Å². The van der Waals surface area contributed by atoms with Gasteiger partial charge in [0, 0.05) is 24.2 Å². The van der Waals surface area contributed by atoms with Crippen LogP contribution in [0.2, 0.25) is 0 Å². The van der Waals surface area contributed by atoms with Gasteiger partial charge >= 0.3 is 0 Å². The number of benzene rings is 2. The minimum Gasteiger partial charge on any atom is -0.343 e. The van der Waals surface area contributed by atoms with Crippen LogP contribution in [0.15, 0.2) is 54.6 Å². The van der Waals surface area contributed by atoms with Gasteiger partial charge in [-0.3, -0.25) is 9.59 Å². The van der Waals surface area contributed by atoms with Crippen molar-refractivity contribution < 1.29 is 9.59 Å². The molecule has 0 spiro atoms. The molecular formula is C21H22N2O2. The Kier molecular flexibility index (Phi) is 4.04. The molecule has 4 nitrogen and oxygen atoms in total. The Bertz CT molecular complexity index is 797. The van der Waals surface area contributed by atoms with Crippen LogP contribution in [0.3, 0.4) is 0 Å². The molecule has 0 bridgehead atoms. The second kappa shape index (κ2) is 6.36. The number of carbonyl (C=O) groups excluding carboxylic acids is 2. The predicted octanol–water partition coefficient (Wildman–Crippen LogP) is 3.62. The first-order chi connectivity index (χ1) is 12.2. The summed E-state index contributed by atoms with van der Waals surface area (Å²) in [4.78, 5) is 26.6. The molecule has 0 aromatic heterocycles. The first-order valence-corrected chi connectivity index (χ1v) is 8.96. The van der Waals surface area contributed by atoms with Crippen molar-refractivity contribution in [2.24, 2.45) is 0 Å². The zero-order valence-electron chi connectivity index (χ0n) is 14.2.